The molecule has 2 nitrogen and oxygen atoms in total. The van der Waals surface area contributed by atoms with E-state index in [1.54, 1.807) is 0 Å². The number of rotatable bonds is 3. The molecule has 0 aromatic heterocycles. The zero-order valence-electron chi connectivity index (χ0n) is 6.02. The quantitative estimate of drug-likeness (QED) is 0.603. The van der Waals surface area contributed by atoms with Crippen molar-refractivity contribution >= 4 is 0 Å². The Morgan fingerprint density at radius 2 is 2.56 bits per heavy atom. The van der Waals surface area contributed by atoms with E-state index in [0.717, 1.165) is 25.7 Å². The van der Waals surface area contributed by atoms with Gasteiger partial charge in [-0.25, -0.2) is 0 Å². The van der Waals surface area contributed by atoms with Gasteiger partial charge in [-0.05, 0) is 25.8 Å². The van der Waals surface area contributed by atoms with Gasteiger partial charge in [0.15, 0.2) is 0 Å². The van der Waals surface area contributed by atoms with Crippen LogP contribution in [-0.2, 0) is 4.74 Å². The Labute approximate surface area is 56.6 Å². The zero-order chi connectivity index (χ0) is 6.53. The average molecular weight is 129 g/mol. The summed E-state index contributed by atoms with van der Waals surface area (Å²) in [7, 11) is 0. The second kappa shape index (κ2) is 3.85. The van der Waals surface area contributed by atoms with Crippen LogP contribution in [0, 0.1) is 5.92 Å². The molecule has 0 radical (unpaired) electrons. The molecule has 0 saturated carbocycles. The van der Waals surface area contributed by atoms with Gasteiger partial charge in [0.05, 0.1) is 6.61 Å². The van der Waals surface area contributed by atoms with E-state index in [-0.39, 0.29) is 0 Å². The third-order valence-electron chi connectivity index (χ3n) is 1.72. The van der Waals surface area contributed by atoms with Gasteiger partial charge in [0.25, 0.3) is 0 Å². The van der Waals surface area contributed by atoms with E-state index in [1.165, 1.54) is 13.0 Å². The lowest BCUT2D eigenvalue weighted by Crippen LogP contribution is -2.13. The number of ether oxygens (including phenoxy) is 1. The minimum atomic E-state index is 0.782. The summed E-state index contributed by atoms with van der Waals surface area (Å²) in [5.41, 5.74) is 0. The van der Waals surface area contributed by atoms with Gasteiger partial charge in [0.1, 0.15) is 0 Å². The molecule has 2 heteroatoms. The molecule has 1 heterocycles. The highest BCUT2D eigenvalue weighted by Crippen LogP contribution is 2.06. The summed E-state index contributed by atoms with van der Waals surface area (Å²) in [6.45, 7) is 6.18. The first-order chi connectivity index (χ1) is 4.43. The topological polar surface area (TPSA) is 21.3 Å². The predicted octanol–water partition coefficient (Wildman–Crippen LogP) is 0.632. The van der Waals surface area contributed by atoms with E-state index in [1.807, 2.05) is 6.92 Å². The molecule has 0 bridgehead atoms. The molecule has 0 aromatic carbocycles. The van der Waals surface area contributed by atoms with Crippen LogP contribution in [0.25, 0.3) is 0 Å². The van der Waals surface area contributed by atoms with Crippen LogP contribution in [0.5, 0.6) is 0 Å². The van der Waals surface area contributed by atoms with E-state index in [0.29, 0.717) is 0 Å². The van der Waals surface area contributed by atoms with Gasteiger partial charge < -0.3 is 10.1 Å². The van der Waals surface area contributed by atoms with Crippen molar-refractivity contribution in [3.05, 3.63) is 0 Å². The van der Waals surface area contributed by atoms with Crippen LogP contribution in [-0.4, -0.2) is 26.3 Å². The second-order valence-electron chi connectivity index (χ2n) is 2.52. The van der Waals surface area contributed by atoms with Crippen LogP contribution in [0.1, 0.15) is 13.3 Å². The maximum absolute atomic E-state index is 5.28. The Morgan fingerprint density at radius 1 is 1.67 bits per heavy atom. The standard InChI is InChI=1S/C7H15NO/c1-2-9-6-7-3-4-8-5-7/h7-8H,2-6H2,1H3. The molecular weight excluding hydrogens is 114 g/mol. The highest BCUT2D eigenvalue weighted by Gasteiger charge is 2.13. The molecule has 1 aliphatic rings. The van der Waals surface area contributed by atoms with Gasteiger partial charge >= 0.3 is 0 Å². The summed E-state index contributed by atoms with van der Waals surface area (Å²) >= 11 is 0. The first kappa shape index (κ1) is 7.03. The van der Waals surface area contributed by atoms with Crippen molar-refractivity contribution in [2.75, 3.05) is 26.3 Å². The number of hydrogen-bond donors (Lipinski definition) is 1. The van der Waals surface area contributed by atoms with Crippen molar-refractivity contribution in [2.24, 2.45) is 5.92 Å². The summed E-state index contributed by atoms with van der Waals surface area (Å²) < 4.78 is 5.28. The molecule has 1 fully saturated rings. The maximum Gasteiger partial charge on any atom is 0.0506 e. The fourth-order valence-corrected chi connectivity index (χ4v) is 1.14. The van der Waals surface area contributed by atoms with Crippen LogP contribution in [0.2, 0.25) is 0 Å². The Bertz CT molecular complexity index is 69.3. The summed E-state index contributed by atoms with van der Waals surface area (Å²) in [5.74, 6) is 0.782. The van der Waals surface area contributed by atoms with Crippen LogP contribution in [0.4, 0.5) is 0 Å². The Morgan fingerprint density at radius 3 is 3.11 bits per heavy atom. The molecule has 54 valence electrons. The van der Waals surface area contributed by atoms with E-state index < -0.39 is 0 Å². The normalized spacial score (nSPS) is 27.0. The molecule has 0 amide bonds. The van der Waals surface area contributed by atoms with Crippen molar-refractivity contribution in [2.45, 2.75) is 13.3 Å². The molecule has 1 aliphatic heterocycles. The fourth-order valence-electron chi connectivity index (χ4n) is 1.14. The lowest BCUT2D eigenvalue weighted by Gasteiger charge is -2.05. The molecule has 1 unspecified atom stereocenters. The molecule has 1 saturated heterocycles. The van der Waals surface area contributed by atoms with E-state index in [4.69, 9.17) is 4.74 Å². The number of hydrogen-bond acceptors (Lipinski definition) is 2. The molecule has 0 spiro atoms. The minimum Gasteiger partial charge on any atom is -0.381 e. The molecule has 1 N–H and O–H groups in total. The van der Waals surface area contributed by atoms with Crippen molar-refractivity contribution in [3.8, 4) is 0 Å². The minimum absolute atomic E-state index is 0.782. The summed E-state index contributed by atoms with van der Waals surface area (Å²) in [6.07, 6.45) is 1.29. The summed E-state index contributed by atoms with van der Waals surface area (Å²) in [6, 6.07) is 0. The molecule has 0 aromatic rings. The van der Waals surface area contributed by atoms with Gasteiger partial charge in [-0.15, -0.1) is 0 Å². The molecule has 0 aliphatic carbocycles. The van der Waals surface area contributed by atoms with Gasteiger partial charge in [-0.1, -0.05) is 0 Å². The molecule has 9 heavy (non-hydrogen) atoms. The van der Waals surface area contributed by atoms with E-state index in [9.17, 15) is 0 Å². The Hall–Kier alpha value is -0.0800. The third kappa shape index (κ3) is 2.33. The van der Waals surface area contributed by atoms with Gasteiger partial charge in [0, 0.05) is 13.2 Å². The largest absolute Gasteiger partial charge is 0.381 e. The van der Waals surface area contributed by atoms with Crippen molar-refractivity contribution in [3.63, 3.8) is 0 Å². The van der Waals surface area contributed by atoms with E-state index >= 15 is 0 Å². The fraction of sp³-hybridized carbons (Fsp3) is 1.00. The zero-order valence-corrected chi connectivity index (χ0v) is 6.02. The van der Waals surface area contributed by atoms with Crippen molar-refractivity contribution < 1.29 is 4.74 Å². The molecule has 1 rings (SSSR count). The lowest BCUT2D eigenvalue weighted by atomic mass is 10.1. The first-order valence-electron chi connectivity index (χ1n) is 3.72. The van der Waals surface area contributed by atoms with Gasteiger partial charge in [-0.2, -0.15) is 0 Å². The average Bonchev–Trinajstić information content (AvgIpc) is 2.34. The SMILES string of the molecule is CCOCC1CCNC1. The van der Waals surface area contributed by atoms with Crippen molar-refractivity contribution in [1.29, 1.82) is 0 Å². The summed E-state index contributed by atoms with van der Waals surface area (Å²) in [5, 5.41) is 3.30. The van der Waals surface area contributed by atoms with E-state index in [2.05, 4.69) is 5.32 Å². The van der Waals surface area contributed by atoms with Gasteiger partial charge in [-0.3, -0.25) is 0 Å². The molecular formula is C7H15NO. The first-order valence-corrected chi connectivity index (χ1v) is 3.72. The van der Waals surface area contributed by atoms with Crippen LogP contribution in [0.3, 0.4) is 0 Å². The smallest absolute Gasteiger partial charge is 0.0506 e. The van der Waals surface area contributed by atoms with Crippen LogP contribution >= 0.6 is 0 Å². The monoisotopic (exact) mass is 129 g/mol. The highest BCUT2D eigenvalue weighted by atomic mass is 16.5. The maximum atomic E-state index is 5.28. The second-order valence-corrected chi connectivity index (χ2v) is 2.52. The van der Waals surface area contributed by atoms with Crippen molar-refractivity contribution in [1.82, 2.24) is 5.32 Å². The summed E-state index contributed by atoms with van der Waals surface area (Å²) in [4.78, 5) is 0. The predicted molar refractivity (Wildman–Crippen MR) is 37.5 cm³/mol. The number of nitrogens with one attached hydrogen (secondary N) is 1. The van der Waals surface area contributed by atoms with Gasteiger partial charge in [0.2, 0.25) is 0 Å². The van der Waals surface area contributed by atoms with Crippen LogP contribution < -0.4 is 5.32 Å². The Kier molecular flexibility index (Phi) is 3.01. The van der Waals surface area contributed by atoms with Crippen LogP contribution in [0.15, 0.2) is 0 Å². The molecule has 1 atom stereocenters. The highest BCUT2D eigenvalue weighted by molar-refractivity contribution is 4.69. The Balaban J connectivity index is 1.98. The third-order valence-corrected chi connectivity index (χ3v) is 1.72. The lowest BCUT2D eigenvalue weighted by molar-refractivity contribution is 0.116.